The number of carbonyl (C=O) groups is 1. The second-order valence-electron chi connectivity index (χ2n) is 5.52. The molecule has 0 saturated heterocycles. The second-order valence-corrected chi connectivity index (χ2v) is 5.52. The maximum atomic E-state index is 11.5. The minimum absolute atomic E-state index is 0.110. The fraction of sp³-hybridized carbons (Fsp3) is 0.923. The van der Waals surface area contributed by atoms with E-state index in [1.54, 1.807) is 0 Å². The summed E-state index contributed by atoms with van der Waals surface area (Å²) in [6.45, 7) is 7.63. The minimum Gasteiger partial charge on any atom is -0.468 e. The van der Waals surface area contributed by atoms with Gasteiger partial charge < -0.3 is 10.1 Å². The maximum absolute atomic E-state index is 11.5. The van der Waals surface area contributed by atoms with Gasteiger partial charge in [-0.3, -0.25) is 4.79 Å². The summed E-state index contributed by atoms with van der Waals surface area (Å²) in [4.78, 5) is 11.5. The Morgan fingerprint density at radius 1 is 1.56 bits per heavy atom. The third-order valence-corrected chi connectivity index (χ3v) is 3.66. The molecule has 1 aliphatic rings. The van der Waals surface area contributed by atoms with Crippen molar-refractivity contribution in [2.75, 3.05) is 13.7 Å². The average Bonchev–Trinajstić information content (AvgIpc) is 2.86. The van der Waals surface area contributed by atoms with E-state index in [1.807, 2.05) is 0 Å². The Morgan fingerprint density at radius 3 is 2.62 bits per heavy atom. The molecule has 1 N–H and O–H groups in total. The standard InChI is InChI=1S/C13H25NO2/c1-5-6-7-11(12(15)16-4)14-9-10-8-13(10,2)3/h10-11,14H,5-9H2,1-4H3. The van der Waals surface area contributed by atoms with E-state index in [1.165, 1.54) is 13.5 Å². The smallest absolute Gasteiger partial charge is 0.322 e. The molecular formula is C13H25NO2. The van der Waals surface area contributed by atoms with Gasteiger partial charge in [-0.25, -0.2) is 0 Å². The lowest BCUT2D eigenvalue weighted by Crippen LogP contribution is -2.39. The monoisotopic (exact) mass is 227 g/mol. The Labute approximate surface area is 98.9 Å². The molecule has 3 heteroatoms. The van der Waals surface area contributed by atoms with Gasteiger partial charge in [-0.2, -0.15) is 0 Å². The van der Waals surface area contributed by atoms with E-state index in [2.05, 4.69) is 26.1 Å². The summed E-state index contributed by atoms with van der Waals surface area (Å²) in [5, 5.41) is 3.35. The molecule has 0 aliphatic heterocycles. The van der Waals surface area contributed by atoms with Gasteiger partial charge in [0.05, 0.1) is 7.11 Å². The van der Waals surface area contributed by atoms with Crippen molar-refractivity contribution in [3.05, 3.63) is 0 Å². The van der Waals surface area contributed by atoms with Crippen LogP contribution in [0.25, 0.3) is 0 Å². The molecule has 0 heterocycles. The highest BCUT2D eigenvalue weighted by atomic mass is 16.5. The first kappa shape index (κ1) is 13.5. The highest BCUT2D eigenvalue weighted by molar-refractivity contribution is 5.75. The zero-order valence-electron chi connectivity index (χ0n) is 11.0. The maximum Gasteiger partial charge on any atom is 0.322 e. The van der Waals surface area contributed by atoms with Gasteiger partial charge in [-0.05, 0) is 30.7 Å². The predicted molar refractivity (Wildman–Crippen MR) is 65.2 cm³/mol. The van der Waals surface area contributed by atoms with Crippen molar-refractivity contribution >= 4 is 5.97 Å². The van der Waals surface area contributed by atoms with Crippen LogP contribution in [0.2, 0.25) is 0 Å². The molecule has 1 fully saturated rings. The molecule has 0 aromatic rings. The van der Waals surface area contributed by atoms with Crippen LogP contribution in [0.4, 0.5) is 0 Å². The van der Waals surface area contributed by atoms with Crippen LogP contribution < -0.4 is 5.32 Å². The number of rotatable bonds is 7. The van der Waals surface area contributed by atoms with E-state index in [9.17, 15) is 4.79 Å². The average molecular weight is 227 g/mol. The summed E-state index contributed by atoms with van der Waals surface area (Å²) in [7, 11) is 1.46. The Kier molecular flexibility index (Phi) is 4.78. The van der Waals surface area contributed by atoms with Crippen molar-refractivity contribution in [2.45, 2.75) is 52.5 Å². The predicted octanol–water partition coefficient (Wildman–Crippen LogP) is 2.35. The summed E-state index contributed by atoms with van der Waals surface area (Å²) in [6, 6.07) is -0.110. The van der Waals surface area contributed by atoms with Gasteiger partial charge in [0.2, 0.25) is 0 Å². The van der Waals surface area contributed by atoms with Crippen LogP contribution in [0.1, 0.15) is 46.5 Å². The molecule has 16 heavy (non-hydrogen) atoms. The molecule has 0 aromatic carbocycles. The van der Waals surface area contributed by atoms with Gasteiger partial charge in [0.1, 0.15) is 6.04 Å². The van der Waals surface area contributed by atoms with Gasteiger partial charge in [-0.1, -0.05) is 33.6 Å². The summed E-state index contributed by atoms with van der Waals surface area (Å²) in [5.41, 5.74) is 0.471. The lowest BCUT2D eigenvalue weighted by atomic mass is 10.1. The van der Waals surface area contributed by atoms with Crippen LogP contribution >= 0.6 is 0 Å². The van der Waals surface area contributed by atoms with Crippen molar-refractivity contribution in [3.63, 3.8) is 0 Å². The highest BCUT2D eigenvalue weighted by Gasteiger charge is 2.45. The van der Waals surface area contributed by atoms with E-state index in [4.69, 9.17) is 4.74 Å². The lowest BCUT2D eigenvalue weighted by Gasteiger charge is -2.16. The number of unbranched alkanes of at least 4 members (excludes halogenated alkanes) is 1. The molecule has 0 amide bonds. The molecule has 2 atom stereocenters. The Morgan fingerprint density at radius 2 is 2.19 bits per heavy atom. The molecule has 0 bridgehead atoms. The number of carbonyl (C=O) groups excluding carboxylic acids is 1. The lowest BCUT2D eigenvalue weighted by molar-refractivity contribution is -0.143. The Balaban J connectivity index is 2.29. The molecule has 0 aromatic heterocycles. The molecule has 2 unspecified atom stereocenters. The van der Waals surface area contributed by atoms with Crippen LogP contribution in [0, 0.1) is 11.3 Å². The van der Waals surface area contributed by atoms with E-state index < -0.39 is 0 Å². The number of methoxy groups -OCH3 is 1. The number of esters is 1. The fourth-order valence-electron chi connectivity index (χ4n) is 2.06. The van der Waals surface area contributed by atoms with E-state index in [0.717, 1.165) is 31.7 Å². The topological polar surface area (TPSA) is 38.3 Å². The van der Waals surface area contributed by atoms with E-state index in [-0.39, 0.29) is 12.0 Å². The minimum atomic E-state index is -0.119. The number of nitrogens with one attached hydrogen (secondary N) is 1. The summed E-state index contributed by atoms with van der Waals surface area (Å²) >= 11 is 0. The molecule has 0 radical (unpaired) electrons. The van der Waals surface area contributed by atoms with Gasteiger partial charge in [0.15, 0.2) is 0 Å². The Bertz CT molecular complexity index is 238. The molecule has 3 nitrogen and oxygen atoms in total. The van der Waals surface area contributed by atoms with Crippen LogP contribution in [-0.4, -0.2) is 25.7 Å². The molecule has 1 aliphatic carbocycles. The first-order valence-electron chi connectivity index (χ1n) is 6.32. The van der Waals surface area contributed by atoms with Crippen LogP contribution in [0.15, 0.2) is 0 Å². The molecule has 0 spiro atoms. The van der Waals surface area contributed by atoms with Gasteiger partial charge >= 0.3 is 5.97 Å². The van der Waals surface area contributed by atoms with Crippen molar-refractivity contribution in [3.8, 4) is 0 Å². The number of hydrogen-bond donors (Lipinski definition) is 1. The highest BCUT2D eigenvalue weighted by Crippen LogP contribution is 2.51. The Hall–Kier alpha value is -0.570. The molecular weight excluding hydrogens is 202 g/mol. The first-order chi connectivity index (χ1) is 7.51. The summed E-state index contributed by atoms with van der Waals surface area (Å²) < 4.78 is 4.81. The van der Waals surface area contributed by atoms with Crippen LogP contribution in [-0.2, 0) is 9.53 Å². The molecule has 94 valence electrons. The third-order valence-electron chi connectivity index (χ3n) is 3.66. The normalized spacial score (nSPS) is 23.9. The zero-order chi connectivity index (χ0) is 12.2. The van der Waals surface area contributed by atoms with E-state index in [0.29, 0.717) is 5.41 Å². The summed E-state index contributed by atoms with van der Waals surface area (Å²) in [6.07, 6.45) is 4.34. The number of ether oxygens (including phenoxy) is 1. The van der Waals surface area contributed by atoms with Gasteiger partial charge in [0.25, 0.3) is 0 Å². The number of hydrogen-bond acceptors (Lipinski definition) is 3. The molecule has 1 rings (SSSR count). The van der Waals surface area contributed by atoms with Crippen molar-refractivity contribution < 1.29 is 9.53 Å². The van der Waals surface area contributed by atoms with Crippen molar-refractivity contribution in [1.29, 1.82) is 0 Å². The fourth-order valence-corrected chi connectivity index (χ4v) is 2.06. The first-order valence-corrected chi connectivity index (χ1v) is 6.32. The molecule has 1 saturated carbocycles. The van der Waals surface area contributed by atoms with Crippen LogP contribution in [0.3, 0.4) is 0 Å². The zero-order valence-corrected chi connectivity index (χ0v) is 11.0. The third kappa shape index (κ3) is 3.78. The second kappa shape index (κ2) is 5.67. The van der Waals surface area contributed by atoms with Crippen molar-refractivity contribution in [2.24, 2.45) is 11.3 Å². The SMILES string of the molecule is CCCCC(NCC1CC1(C)C)C(=O)OC. The van der Waals surface area contributed by atoms with Gasteiger partial charge in [0, 0.05) is 0 Å². The van der Waals surface area contributed by atoms with Gasteiger partial charge in [-0.15, -0.1) is 0 Å². The van der Waals surface area contributed by atoms with E-state index >= 15 is 0 Å². The quantitative estimate of drug-likeness (QED) is 0.678. The van der Waals surface area contributed by atoms with Crippen molar-refractivity contribution in [1.82, 2.24) is 5.32 Å². The summed E-state index contributed by atoms with van der Waals surface area (Å²) in [5.74, 6) is 0.605. The largest absolute Gasteiger partial charge is 0.468 e. The van der Waals surface area contributed by atoms with Crippen LogP contribution in [0.5, 0.6) is 0 Å².